The number of amides is 1. The van der Waals surface area contributed by atoms with Crippen LogP contribution in [0.1, 0.15) is 27.2 Å². The minimum Gasteiger partial charge on any atom is -0.489 e. The van der Waals surface area contributed by atoms with Crippen LogP contribution in [0.3, 0.4) is 0 Å². The van der Waals surface area contributed by atoms with Gasteiger partial charge in [0.2, 0.25) is 0 Å². The molecule has 10 heteroatoms. The Labute approximate surface area is 229 Å². The summed E-state index contributed by atoms with van der Waals surface area (Å²) in [4.78, 5) is 12.5. The van der Waals surface area contributed by atoms with Crippen LogP contribution < -0.4 is 10.2 Å². The summed E-state index contributed by atoms with van der Waals surface area (Å²) >= 11 is 19.1. The summed E-state index contributed by atoms with van der Waals surface area (Å²) in [5.41, 5.74) is 5.37. The maximum atomic E-state index is 12.5. The largest absolute Gasteiger partial charge is 0.489 e. The van der Waals surface area contributed by atoms with Crippen LogP contribution in [-0.2, 0) is 13.2 Å². The first-order valence-electron chi connectivity index (χ1n) is 10.3. The number of aromatic nitrogens is 2. The normalized spacial score (nSPS) is 11.1. The van der Waals surface area contributed by atoms with E-state index in [1.54, 1.807) is 35.3 Å². The molecule has 0 aliphatic carbocycles. The van der Waals surface area contributed by atoms with Crippen LogP contribution in [0.15, 0.2) is 87.0 Å². The van der Waals surface area contributed by atoms with E-state index < -0.39 is 5.91 Å². The van der Waals surface area contributed by atoms with E-state index in [4.69, 9.17) is 27.9 Å². The van der Waals surface area contributed by atoms with Crippen LogP contribution in [0.2, 0.25) is 10.0 Å². The van der Waals surface area contributed by atoms with E-state index in [0.717, 1.165) is 25.6 Å². The van der Waals surface area contributed by atoms with Crippen LogP contribution in [-0.4, -0.2) is 21.9 Å². The zero-order valence-corrected chi connectivity index (χ0v) is 22.8. The Bertz CT molecular complexity index is 1390. The molecule has 0 aliphatic rings. The van der Waals surface area contributed by atoms with Gasteiger partial charge < -0.3 is 4.74 Å². The van der Waals surface area contributed by atoms with Crippen LogP contribution in [0, 0.1) is 0 Å². The zero-order chi connectivity index (χ0) is 24.8. The highest BCUT2D eigenvalue weighted by molar-refractivity contribution is 9.10. The highest BCUT2D eigenvalue weighted by atomic mass is 79.9. The number of hydrogen-bond acceptors (Lipinski definition) is 4. The summed E-state index contributed by atoms with van der Waals surface area (Å²) in [6, 6.07) is 20.3. The molecule has 0 saturated heterocycles. The molecule has 35 heavy (non-hydrogen) atoms. The summed E-state index contributed by atoms with van der Waals surface area (Å²) in [6.07, 6.45) is 3.24. The van der Waals surface area contributed by atoms with E-state index in [1.807, 2.05) is 48.5 Å². The number of benzene rings is 3. The Kier molecular flexibility index (Phi) is 8.62. The zero-order valence-electron chi connectivity index (χ0n) is 18.1. The molecule has 0 unspecified atom stereocenters. The lowest BCUT2D eigenvalue weighted by atomic mass is 10.2. The fourth-order valence-corrected chi connectivity index (χ4v) is 4.38. The predicted octanol–water partition coefficient (Wildman–Crippen LogP) is 7.11. The highest BCUT2D eigenvalue weighted by Crippen LogP contribution is 2.23. The Hall–Kier alpha value is -2.65. The molecule has 0 saturated carbocycles. The molecule has 1 heterocycles. The number of nitrogens with zero attached hydrogens (tertiary/aromatic N) is 3. The first-order chi connectivity index (χ1) is 16.9. The maximum Gasteiger partial charge on any atom is 0.291 e. The molecule has 1 N–H and O–H groups in total. The number of halogens is 4. The maximum absolute atomic E-state index is 12.5. The van der Waals surface area contributed by atoms with Crippen molar-refractivity contribution in [2.24, 2.45) is 5.10 Å². The van der Waals surface area contributed by atoms with Gasteiger partial charge in [0.15, 0.2) is 5.69 Å². The first kappa shape index (κ1) is 25.4. The molecule has 0 spiro atoms. The summed E-state index contributed by atoms with van der Waals surface area (Å²) in [5, 5.41) is 9.46. The van der Waals surface area contributed by atoms with Gasteiger partial charge >= 0.3 is 0 Å². The number of hydrazone groups is 1. The number of ether oxygens (including phenoxy) is 1. The van der Waals surface area contributed by atoms with Gasteiger partial charge in [-0.3, -0.25) is 9.48 Å². The molecular weight excluding hydrogens is 619 g/mol. The number of rotatable bonds is 8. The molecule has 0 bridgehead atoms. The van der Waals surface area contributed by atoms with Crippen molar-refractivity contribution in [1.29, 1.82) is 0 Å². The molecule has 0 aliphatic heterocycles. The third-order valence-electron chi connectivity index (χ3n) is 4.85. The van der Waals surface area contributed by atoms with Crippen molar-refractivity contribution >= 4 is 67.2 Å². The summed E-state index contributed by atoms with van der Waals surface area (Å²) < 4.78 is 9.32. The van der Waals surface area contributed by atoms with Crippen LogP contribution in [0.4, 0.5) is 0 Å². The number of hydrogen-bond donors (Lipinski definition) is 1. The highest BCUT2D eigenvalue weighted by Gasteiger charge is 2.10. The molecule has 0 atom stereocenters. The number of nitrogens with one attached hydrogen (secondary N) is 1. The van der Waals surface area contributed by atoms with Crippen LogP contribution in [0.5, 0.6) is 5.75 Å². The fourth-order valence-electron chi connectivity index (χ4n) is 3.12. The van der Waals surface area contributed by atoms with E-state index in [2.05, 4.69) is 47.5 Å². The van der Waals surface area contributed by atoms with Crippen LogP contribution >= 0.6 is 55.1 Å². The molecular formula is C25H18Br2Cl2N4O2. The second-order valence-corrected chi connectivity index (χ2v) is 10.0. The summed E-state index contributed by atoms with van der Waals surface area (Å²) in [5.74, 6) is 0.251. The minimum absolute atomic E-state index is 0.234. The molecule has 0 fully saturated rings. The monoisotopic (exact) mass is 634 g/mol. The van der Waals surface area contributed by atoms with E-state index in [-0.39, 0.29) is 5.69 Å². The molecule has 4 rings (SSSR count). The second kappa shape index (κ2) is 11.9. The van der Waals surface area contributed by atoms with Crippen molar-refractivity contribution in [2.75, 3.05) is 0 Å². The van der Waals surface area contributed by atoms with Gasteiger partial charge in [-0.05, 0) is 59.7 Å². The smallest absolute Gasteiger partial charge is 0.291 e. The lowest BCUT2D eigenvalue weighted by molar-refractivity contribution is 0.0949. The molecule has 3 aromatic carbocycles. The van der Waals surface area contributed by atoms with Gasteiger partial charge in [0.05, 0.1) is 12.8 Å². The average Bonchev–Trinajstić information content (AvgIpc) is 3.30. The SMILES string of the molecule is O=C(NN=Cc1cc(OCc2cccc(Br)c2)ccc1Br)c1ccn(Cc2ccc(Cl)cc2Cl)n1. The van der Waals surface area contributed by atoms with Gasteiger partial charge in [-0.25, -0.2) is 5.43 Å². The quantitative estimate of drug-likeness (QED) is 0.166. The van der Waals surface area contributed by atoms with Crippen molar-refractivity contribution in [3.05, 3.63) is 114 Å². The van der Waals surface area contributed by atoms with E-state index >= 15 is 0 Å². The average molecular weight is 637 g/mol. The van der Waals surface area contributed by atoms with Crippen molar-refractivity contribution in [3.8, 4) is 5.75 Å². The van der Waals surface area contributed by atoms with Crippen molar-refractivity contribution in [2.45, 2.75) is 13.2 Å². The third kappa shape index (κ3) is 7.18. The van der Waals surface area contributed by atoms with E-state index in [1.165, 1.54) is 0 Å². The van der Waals surface area contributed by atoms with Gasteiger partial charge in [0.25, 0.3) is 5.91 Å². The topological polar surface area (TPSA) is 68.5 Å². The van der Waals surface area contributed by atoms with Gasteiger partial charge in [-0.2, -0.15) is 10.2 Å². The Morgan fingerprint density at radius 3 is 2.74 bits per heavy atom. The second-order valence-electron chi connectivity index (χ2n) is 7.44. The van der Waals surface area contributed by atoms with Gasteiger partial charge in [0, 0.05) is 30.8 Å². The number of carbonyl (C=O) groups is 1. The molecule has 6 nitrogen and oxygen atoms in total. The summed E-state index contributed by atoms with van der Waals surface area (Å²) in [7, 11) is 0. The van der Waals surface area contributed by atoms with Crippen molar-refractivity contribution in [3.63, 3.8) is 0 Å². The van der Waals surface area contributed by atoms with Gasteiger partial charge in [0.1, 0.15) is 12.4 Å². The Balaban J connectivity index is 1.35. The van der Waals surface area contributed by atoms with E-state index in [0.29, 0.717) is 28.9 Å². The summed E-state index contributed by atoms with van der Waals surface area (Å²) in [6.45, 7) is 0.838. The molecule has 178 valence electrons. The molecule has 1 aromatic heterocycles. The third-order valence-corrected chi connectivity index (χ3v) is 6.65. The molecule has 1 amide bonds. The Morgan fingerprint density at radius 2 is 1.94 bits per heavy atom. The minimum atomic E-state index is -0.430. The predicted molar refractivity (Wildman–Crippen MR) is 145 cm³/mol. The first-order valence-corrected chi connectivity index (χ1v) is 12.7. The lowest BCUT2D eigenvalue weighted by Crippen LogP contribution is -2.18. The molecule has 0 radical (unpaired) electrons. The standard InChI is InChI=1S/C25H18Br2Cl2N4O2/c26-19-3-1-2-16(10-19)15-35-21-6-7-22(27)18(11-21)13-30-31-25(34)24-8-9-33(32-24)14-17-4-5-20(28)12-23(17)29/h1-13H,14-15H2,(H,31,34). The Morgan fingerprint density at radius 1 is 1.09 bits per heavy atom. The fraction of sp³-hybridized carbons (Fsp3) is 0.0800. The van der Waals surface area contributed by atoms with E-state index in [9.17, 15) is 4.79 Å². The van der Waals surface area contributed by atoms with Crippen LogP contribution in [0.25, 0.3) is 0 Å². The number of carbonyl (C=O) groups excluding carboxylic acids is 1. The van der Waals surface area contributed by atoms with Crippen molar-refractivity contribution < 1.29 is 9.53 Å². The van der Waals surface area contributed by atoms with Gasteiger partial charge in [-0.1, -0.05) is 73.3 Å². The van der Waals surface area contributed by atoms with Gasteiger partial charge in [-0.15, -0.1) is 0 Å². The molecule has 4 aromatic rings. The lowest BCUT2D eigenvalue weighted by Gasteiger charge is -2.08. The van der Waals surface area contributed by atoms with Crippen molar-refractivity contribution in [1.82, 2.24) is 15.2 Å².